The fourth-order valence-electron chi connectivity index (χ4n) is 7.46. The Balaban J connectivity index is 0.00000171. The summed E-state index contributed by atoms with van der Waals surface area (Å²) in [6.45, 7) is 25.4. The van der Waals surface area contributed by atoms with Crippen LogP contribution in [0, 0.1) is 0 Å². The molecule has 0 bridgehead atoms. The van der Waals surface area contributed by atoms with Crippen LogP contribution in [0.2, 0.25) is 26.2 Å². The first-order valence-electron chi connectivity index (χ1n) is 12.8. The molecule has 35 heavy (non-hydrogen) atoms. The summed E-state index contributed by atoms with van der Waals surface area (Å²) in [6.07, 6.45) is 8.68. The van der Waals surface area contributed by atoms with Gasteiger partial charge in [0.1, 0.15) is 0 Å². The van der Waals surface area contributed by atoms with Crippen molar-refractivity contribution in [2.75, 3.05) is 0 Å². The van der Waals surface area contributed by atoms with Crippen LogP contribution < -0.4 is 24.8 Å². The molecule has 2 aromatic rings. The largest absolute Gasteiger partial charge is 1.00 e. The molecular formula is C30H42Cl2Si2Zr. The van der Waals surface area contributed by atoms with Gasteiger partial charge >= 0.3 is 208 Å². The molecule has 0 radical (unpaired) electrons. The molecule has 0 unspecified atom stereocenters. The van der Waals surface area contributed by atoms with Crippen molar-refractivity contribution < 1.29 is 43.4 Å². The van der Waals surface area contributed by atoms with Crippen molar-refractivity contribution in [3.63, 3.8) is 0 Å². The van der Waals surface area contributed by atoms with Gasteiger partial charge in [0.05, 0.1) is 0 Å². The minimum atomic E-state index is -2.62. The van der Waals surface area contributed by atoms with Crippen molar-refractivity contribution in [1.29, 1.82) is 0 Å². The van der Waals surface area contributed by atoms with Crippen LogP contribution in [0.1, 0.15) is 73.8 Å². The molecule has 0 nitrogen and oxygen atoms in total. The standard InChI is InChI=1S/C21H25.C5H5.C4H12Si2.2ClH.Zr/c1-20(2,3)16-9-7-14-11-15-8-10-17(21(4,5)6)13-19(15)18(14)12-16;1-2-4-5-3-1;1-5(2)6(3)4;;;/h7-13H,1-6H3;1-3H,4H2;1-4H3;2*1H;/q;;;;;+2/p-2. The minimum Gasteiger partial charge on any atom is -1.00 e. The molecule has 2 aromatic carbocycles. The first-order chi connectivity index (χ1) is 15.2. The molecule has 188 valence electrons. The van der Waals surface area contributed by atoms with Crippen molar-refractivity contribution in [3.05, 3.63) is 80.2 Å². The number of allylic oxidation sites excluding steroid dienone is 4. The molecule has 1 saturated heterocycles. The van der Waals surface area contributed by atoms with E-state index < -0.39 is 28.0 Å². The molecule has 0 amide bonds. The van der Waals surface area contributed by atoms with Gasteiger partial charge in [0.25, 0.3) is 0 Å². The van der Waals surface area contributed by atoms with E-state index in [1.165, 1.54) is 17.5 Å². The van der Waals surface area contributed by atoms with Crippen LogP contribution in [0.5, 0.6) is 0 Å². The fraction of sp³-hybridized carbons (Fsp3) is 0.467. The van der Waals surface area contributed by atoms with Gasteiger partial charge in [-0.25, -0.2) is 0 Å². The predicted molar refractivity (Wildman–Crippen MR) is 148 cm³/mol. The topological polar surface area (TPSA) is 0 Å². The second-order valence-electron chi connectivity index (χ2n) is 13.9. The average Bonchev–Trinajstić information content (AvgIpc) is 3.19. The van der Waals surface area contributed by atoms with Crippen LogP contribution in [0.15, 0.2) is 57.9 Å². The molecule has 1 fully saturated rings. The average molecular weight is 621 g/mol. The fourth-order valence-corrected chi connectivity index (χ4v) is 171. The van der Waals surface area contributed by atoms with Crippen LogP contribution in [-0.2, 0) is 29.4 Å². The summed E-state index contributed by atoms with van der Waals surface area (Å²) in [4.78, 5) is 0. The molecule has 0 aromatic heterocycles. The van der Waals surface area contributed by atoms with Crippen molar-refractivity contribution >= 4 is 9.44 Å². The molecule has 0 N–H and O–H groups in total. The molecule has 5 rings (SSSR count). The van der Waals surface area contributed by atoms with Crippen LogP contribution in [-0.4, -0.2) is 9.44 Å². The zero-order valence-electron chi connectivity index (χ0n) is 23.2. The summed E-state index contributed by atoms with van der Waals surface area (Å²) in [6, 6.07) is 15.2. The van der Waals surface area contributed by atoms with Gasteiger partial charge < -0.3 is 24.8 Å². The molecule has 3 aliphatic rings. The van der Waals surface area contributed by atoms with Gasteiger partial charge in [0, 0.05) is 0 Å². The molecule has 0 saturated carbocycles. The summed E-state index contributed by atoms with van der Waals surface area (Å²) in [7, 11) is 0. The Labute approximate surface area is 231 Å². The molecule has 1 aliphatic heterocycles. The maximum atomic E-state index is 2.80. The van der Waals surface area contributed by atoms with E-state index in [4.69, 9.17) is 0 Å². The second kappa shape index (κ2) is 8.94. The van der Waals surface area contributed by atoms with E-state index in [0.717, 1.165) is 3.63 Å². The van der Waals surface area contributed by atoms with Crippen molar-refractivity contribution in [2.24, 2.45) is 0 Å². The maximum Gasteiger partial charge on any atom is -1.00 e. The third-order valence-electron chi connectivity index (χ3n) is 9.93. The van der Waals surface area contributed by atoms with E-state index in [-0.39, 0.29) is 35.6 Å². The number of hydrogen-bond donors (Lipinski definition) is 0. The van der Waals surface area contributed by atoms with Gasteiger partial charge in [-0.1, -0.05) is 0 Å². The van der Waals surface area contributed by atoms with Gasteiger partial charge in [-0.2, -0.15) is 0 Å². The minimum absolute atomic E-state index is 0. The first-order valence-corrected chi connectivity index (χ1v) is 29.8. The Morgan fingerprint density at radius 2 is 1.14 bits per heavy atom. The number of fused-ring (bicyclic) bond motifs is 3. The monoisotopic (exact) mass is 618 g/mol. The Morgan fingerprint density at radius 1 is 0.714 bits per heavy atom. The second-order valence-corrected chi connectivity index (χ2v) is 73.0. The summed E-state index contributed by atoms with van der Waals surface area (Å²) < 4.78 is 0.307. The van der Waals surface area contributed by atoms with Crippen LogP contribution in [0.4, 0.5) is 0 Å². The number of halogens is 2. The molecule has 1 heterocycles. The SMILES string of the molecule is CC(C)(C)c1ccc2c(c1)-c1cc(C(C)(C)C)ccc1[CH]2[Zr+2]1([C]2=CC=CC2)[Si](C)(C)[Si]1(C)C.[Cl-].[Cl-]. The normalized spacial score (nSPS) is 20.0. The zero-order chi connectivity index (χ0) is 24.2. The van der Waals surface area contributed by atoms with Crippen LogP contribution >= 0.6 is 0 Å². The van der Waals surface area contributed by atoms with Crippen LogP contribution in [0.25, 0.3) is 11.1 Å². The van der Waals surface area contributed by atoms with Gasteiger partial charge in [-0.15, -0.1) is 0 Å². The first kappa shape index (κ1) is 29.4. The number of rotatable bonds is 2. The van der Waals surface area contributed by atoms with Crippen LogP contribution in [0.3, 0.4) is 0 Å². The predicted octanol–water partition coefficient (Wildman–Crippen LogP) is 2.86. The zero-order valence-corrected chi connectivity index (χ0v) is 29.2. The molecule has 5 heteroatoms. The smallest absolute Gasteiger partial charge is 1.00 e. The third-order valence-corrected chi connectivity index (χ3v) is 123. The van der Waals surface area contributed by atoms with E-state index in [9.17, 15) is 0 Å². The molecule has 2 aliphatic carbocycles. The van der Waals surface area contributed by atoms with Crippen molar-refractivity contribution in [3.8, 4) is 11.1 Å². The van der Waals surface area contributed by atoms with Gasteiger partial charge in [0.2, 0.25) is 0 Å². The summed E-state index contributed by atoms with van der Waals surface area (Å²) in [5.74, 6) is 0. The maximum absolute atomic E-state index is 2.80. The summed E-state index contributed by atoms with van der Waals surface area (Å²) >= 11 is -2.62. The van der Waals surface area contributed by atoms with Gasteiger partial charge in [-0.05, 0) is 0 Å². The van der Waals surface area contributed by atoms with E-state index in [2.05, 4.69) is 122 Å². The van der Waals surface area contributed by atoms with E-state index in [1.807, 2.05) is 3.28 Å². The van der Waals surface area contributed by atoms with Crippen molar-refractivity contribution in [2.45, 2.75) is 88.6 Å². The Bertz CT molecular complexity index is 1150. The third kappa shape index (κ3) is 3.89. The Hall–Kier alpha value is -0.183. The molecular weight excluding hydrogens is 579 g/mol. The Kier molecular flexibility index (Phi) is 7.51. The number of benzene rings is 2. The summed E-state index contributed by atoms with van der Waals surface area (Å²) in [5, 5.41) is 0. The van der Waals surface area contributed by atoms with Crippen molar-refractivity contribution in [1.82, 2.24) is 0 Å². The molecule has 0 spiro atoms. The number of hydrogen-bond acceptors (Lipinski definition) is 0. The Morgan fingerprint density at radius 3 is 1.46 bits per heavy atom. The molecule has 0 atom stereocenters. The summed E-state index contributed by atoms with van der Waals surface area (Å²) in [5.41, 5.74) is 9.84. The van der Waals surface area contributed by atoms with E-state index >= 15 is 0 Å². The van der Waals surface area contributed by atoms with Gasteiger partial charge in [0.15, 0.2) is 0 Å². The quantitative estimate of drug-likeness (QED) is 0.454. The van der Waals surface area contributed by atoms with E-state index in [1.54, 1.807) is 22.3 Å². The van der Waals surface area contributed by atoms with E-state index in [0.29, 0.717) is 0 Å². The van der Waals surface area contributed by atoms with Gasteiger partial charge in [-0.3, -0.25) is 0 Å².